The summed E-state index contributed by atoms with van der Waals surface area (Å²) in [5.41, 5.74) is 0. The van der Waals surface area contributed by atoms with E-state index < -0.39 is 110 Å². The molecule has 0 aromatic rings. The number of hydrogen-bond donors (Lipinski definition) is 5. The van der Waals surface area contributed by atoms with Gasteiger partial charge in [-0.2, -0.15) is 0 Å². The molecule has 14 nitrogen and oxygen atoms in total. The van der Waals surface area contributed by atoms with E-state index in [0.29, 0.717) is 32.1 Å². The number of aliphatic hydroxyl groups is 5. The standard InChI is InChI=1S/C29H50O14/c1-7-10-16(5)26(36)39-21-19(13-31)38-28(43-29(14-32)24(34)20(33)18(12-30)42-29)23(41-27(37)17(6)11-8-2)22(21)40-25(35)15(4)9-3/h15-24,28,30-34H,7-14H2,1-6H3/t15?,16?,17?,18-,19-,20-,21-,22+,23-,24+,28-,29+/m1/s1. The highest BCUT2D eigenvalue weighted by Crippen LogP contribution is 2.38. The summed E-state index contributed by atoms with van der Waals surface area (Å²) in [6, 6.07) is 0. The van der Waals surface area contributed by atoms with Crippen molar-refractivity contribution in [1.29, 1.82) is 0 Å². The molecule has 0 aromatic heterocycles. The molecule has 43 heavy (non-hydrogen) atoms. The van der Waals surface area contributed by atoms with Gasteiger partial charge in [0, 0.05) is 0 Å². The summed E-state index contributed by atoms with van der Waals surface area (Å²) in [5.74, 6) is -6.23. The molecule has 2 rings (SSSR count). The van der Waals surface area contributed by atoms with E-state index in [9.17, 15) is 39.9 Å². The Morgan fingerprint density at radius 3 is 1.67 bits per heavy atom. The molecule has 2 fully saturated rings. The van der Waals surface area contributed by atoms with Crippen LogP contribution in [0.25, 0.3) is 0 Å². The van der Waals surface area contributed by atoms with Crippen molar-refractivity contribution in [2.45, 2.75) is 128 Å². The fraction of sp³-hybridized carbons (Fsp3) is 0.897. The topological polar surface area (TPSA) is 208 Å². The minimum absolute atomic E-state index is 0.398. The van der Waals surface area contributed by atoms with E-state index >= 15 is 0 Å². The smallest absolute Gasteiger partial charge is 0.309 e. The van der Waals surface area contributed by atoms with Crippen molar-refractivity contribution in [2.75, 3.05) is 19.8 Å². The van der Waals surface area contributed by atoms with E-state index in [0.717, 1.165) is 0 Å². The average Bonchev–Trinajstić information content (AvgIpc) is 3.23. The minimum atomic E-state index is -2.37. The Labute approximate surface area is 252 Å². The van der Waals surface area contributed by atoms with Gasteiger partial charge in [0.15, 0.2) is 18.3 Å². The van der Waals surface area contributed by atoms with E-state index in [2.05, 4.69) is 0 Å². The highest BCUT2D eigenvalue weighted by Gasteiger charge is 2.60. The largest absolute Gasteiger partial charge is 0.455 e. The van der Waals surface area contributed by atoms with Gasteiger partial charge in [0.1, 0.15) is 31.0 Å². The highest BCUT2D eigenvalue weighted by molar-refractivity contribution is 5.74. The van der Waals surface area contributed by atoms with Crippen LogP contribution in [0.15, 0.2) is 0 Å². The van der Waals surface area contributed by atoms with E-state index in [-0.39, 0.29) is 0 Å². The van der Waals surface area contributed by atoms with Crippen molar-refractivity contribution >= 4 is 17.9 Å². The zero-order valence-corrected chi connectivity index (χ0v) is 25.9. The monoisotopic (exact) mass is 622 g/mol. The van der Waals surface area contributed by atoms with Crippen molar-refractivity contribution in [3.8, 4) is 0 Å². The Bertz CT molecular complexity index is 900. The molecule has 2 saturated heterocycles. The molecule has 0 aromatic carbocycles. The van der Waals surface area contributed by atoms with Crippen LogP contribution >= 0.6 is 0 Å². The zero-order chi connectivity index (χ0) is 32.5. The second-order valence-electron chi connectivity index (χ2n) is 11.5. The van der Waals surface area contributed by atoms with Gasteiger partial charge >= 0.3 is 17.9 Å². The molecule has 14 heteroatoms. The first-order chi connectivity index (χ1) is 20.3. The van der Waals surface area contributed by atoms with Crippen LogP contribution in [0.4, 0.5) is 0 Å². The van der Waals surface area contributed by atoms with Gasteiger partial charge in [-0.25, -0.2) is 0 Å². The summed E-state index contributed by atoms with van der Waals surface area (Å²) in [6.07, 6.45) is -10.0. The Morgan fingerprint density at radius 2 is 1.23 bits per heavy atom. The summed E-state index contributed by atoms with van der Waals surface area (Å²) in [6.45, 7) is 7.91. The van der Waals surface area contributed by atoms with Crippen molar-refractivity contribution in [3.05, 3.63) is 0 Å². The molecule has 0 amide bonds. The Kier molecular flexibility index (Phi) is 14.7. The van der Waals surface area contributed by atoms with Gasteiger partial charge in [-0.15, -0.1) is 0 Å². The second kappa shape index (κ2) is 17.0. The third-order valence-corrected chi connectivity index (χ3v) is 8.01. The van der Waals surface area contributed by atoms with Gasteiger partial charge in [0.2, 0.25) is 12.1 Å². The predicted octanol–water partition coefficient (Wildman–Crippen LogP) is 0.176. The number of carbonyl (C=O) groups excluding carboxylic acids is 3. The van der Waals surface area contributed by atoms with Crippen LogP contribution < -0.4 is 0 Å². The lowest BCUT2D eigenvalue weighted by Gasteiger charge is -2.46. The molecular formula is C29H50O14. The maximum Gasteiger partial charge on any atom is 0.309 e. The zero-order valence-electron chi connectivity index (χ0n) is 25.9. The lowest BCUT2D eigenvalue weighted by Crippen LogP contribution is -2.65. The van der Waals surface area contributed by atoms with Gasteiger partial charge in [0.25, 0.3) is 0 Å². The van der Waals surface area contributed by atoms with Crippen LogP contribution in [0.1, 0.15) is 73.6 Å². The first kappa shape index (κ1) is 37.3. The van der Waals surface area contributed by atoms with E-state index in [4.69, 9.17) is 28.4 Å². The Morgan fingerprint density at radius 1 is 0.744 bits per heavy atom. The number of carbonyl (C=O) groups is 3. The van der Waals surface area contributed by atoms with Gasteiger partial charge in [-0.1, -0.05) is 54.4 Å². The van der Waals surface area contributed by atoms with E-state index in [1.807, 2.05) is 13.8 Å². The first-order valence-corrected chi connectivity index (χ1v) is 15.2. The molecule has 0 spiro atoms. The molecule has 250 valence electrons. The van der Waals surface area contributed by atoms with Crippen molar-refractivity contribution in [3.63, 3.8) is 0 Å². The molecule has 0 aliphatic carbocycles. The molecule has 2 heterocycles. The maximum atomic E-state index is 13.2. The molecule has 12 atom stereocenters. The van der Waals surface area contributed by atoms with Gasteiger partial charge in [-0.05, 0) is 19.3 Å². The quantitative estimate of drug-likeness (QED) is 0.115. The van der Waals surface area contributed by atoms with Crippen molar-refractivity contribution < 1.29 is 68.3 Å². The number of ether oxygens (including phenoxy) is 6. The molecule has 2 aliphatic rings. The van der Waals surface area contributed by atoms with E-state index in [1.165, 1.54) is 0 Å². The fourth-order valence-electron chi connectivity index (χ4n) is 5.01. The fourth-order valence-corrected chi connectivity index (χ4v) is 5.01. The normalized spacial score (nSPS) is 34.7. The number of rotatable bonds is 16. The summed E-state index contributed by atoms with van der Waals surface area (Å²) >= 11 is 0. The molecule has 3 unspecified atom stereocenters. The molecule has 0 saturated carbocycles. The third-order valence-electron chi connectivity index (χ3n) is 8.01. The molecule has 5 N–H and O–H groups in total. The van der Waals surface area contributed by atoms with Gasteiger partial charge in [0.05, 0.1) is 31.0 Å². The molecule has 0 radical (unpaired) electrons. The van der Waals surface area contributed by atoms with Crippen LogP contribution in [-0.2, 0) is 42.8 Å². The van der Waals surface area contributed by atoms with Crippen LogP contribution in [0, 0.1) is 17.8 Å². The summed E-state index contributed by atoms with van der Waals surface area (Å²) in [7, 11) is 0. The molecular weight excluding hydrogens is 572 g/mol. The summed E-state index contributed by atoms with van der Waals surface area (Å²) in [4.78, 5) is 39.4. The summed E-state index contributed by atoms with van der Waals surface area (Å²) in [5, 5.41) is 51.2. The number of hydrogen-bond acceptors (Lipinski definition) is 14. The predicted molar refractivity (Wildman–Crippen MR) is 148 cm³/mol. The number of esters is 3. The molecule has 0 bridgehead atoms. The lowest BCUT2D eigenvalue weighted by atomic mass is 9.96. The SMILES string of the molecule is CCCC(C)C(=O)O[C@H]1[C@@H](O[C@]2(CO)O[C@H](CO)[C@@H](O)[C@@H]2O)O[C@H](CO)[C@@H](OC(=O)C(C)CCC)[C@@H]1OC(=O)C(C)CC. The van der Waals surface area contributed by atoms with Crippen LogP contribution in [-0.4, -0.2) is 118 Å². The van der Waals surface area contributed by atoms with E-state index in [1.54, 1.807) is 27.7 Å². The Hall–Kier alpha value is -1.91. The van der Waals surface area contributed by atoms with Gasteiger partial charge in [-0.3, -0.25) is 14.4 Å². The molecule has 2 aliphatic heterocycles. The minimum Gasteiger partial charge on any atom is -0.455 e. The van der Waals surface area contributed by atoms with Crippen molar-refractivity contribution in [2.24, 2.45) is 17.8 Å². The Balaban J connectivity index is 2.62. The van der Waals surface area contributed by atoms with Crippen molar-refractivity contribution in [1.82, 2.24) is 0 Å². The van der Waals surface area contributed by atoms with Gasteiger partial charge < -0.3 is 54.0 Å². The average molecular weight is 623 g/mol. The lowest BCUT2D eigenvalue weighted by molar-refractivity contribution is -0.384. The number of aliphatic hydroxyl groups excluding tert-OH is 5. The maximum absolute atomic E-state index is 13.2. The second-order valence-corrected chi connectivity index (χ2v) is 11.5. The van der Waals surface area contributed by atoms with Crippen LogP contribution in [0.5, 0.6) is 0 Å². The first-order valence-electron chi connectivity index (χ1n) is 15.2. The van der Waals surface area contributed by atoms with Crippen LogP contribution in [0.2, 0.25) is 0 Å². The van der Waals surface area contributed by atoms with Crippen LogP contribution in [0.3, 0.4) is 0 Å². The third kappa shape index (κ3) is 8.85. The highest BCUT2D eigenvalue weighted by atomic mass is 16.8. The summed E-state index contributed by atoms with van der Waals surface area (Å²) < 4.78 is 34.7.